The van der Waals surface area contributed by atoms with Crippen LogP contribution in [0.4, 0.5) is 5.69 Å². The second kappa shape index (κ2) is 5.65. The van der Waals surface area contributed by atoms with E-state index < -0.39 is 5.97 Å². The van der Waals surface area contributed by atoms with Crippen molar-refractivity contribution in [3.8, 4) is 0 Å². The van der Waals surface area contributed by atoms with E-state index in [9.17, 15) is 4.79 Å². The first-order valence-electron chi connectivity index (χ1n) is 6.37. The van der Waals surface area contributed by atoms with Crippen molar-refractivity contribution >= 4 is 23.4 Å². The van der Waals surface area contributed by atoms with Gasteiger partial charge in [-0.3, -0.25) is 4.79 Å². The second-order valence-electron chi connectivity index (χ2n) is 4.64. The summed E-state index contributed by atoms with van der Waals surface area (Å²) in [7, 11) is 0. The smallest absolute Gasteiger partial charge is 0.305 e. The Morgan fingerprint density at radius 3 is 3.00 bits per heavy atom. The van der Waals surface area contributed by atoms with Gasteiger partial charge in [0.1, 0.15) is 0 Å². The summed E-state index contributed by atoms with van der Waals surface area (Å²) in [5.41, 5.74) is 2.57. The molecule has 1 aromatic rings. The first-order chi connectivity index (χ1) is 8.61. The van der Waals surface area contributed by atoms with E-state index in [4.69, 9.17) is 5.11 Å². The molecule has 0 radical (unpaired) electrons. The molecular weight excluding hydrogens is 246 g/mol. The van der Waals surface area contributed by atoms with Gasteiger partial charge < -0.3 is 10.0 Å². The summed E-state index contributed by atoms with van der Waals surface area (Å²) in [4.78, 5) is 14.3. The van der Waals surface area contributed by atoms with E-state index in [-0.39, 0.29) is 6.42 Å². The number of thioether (sulfide) groups is 1. The highest BCUT2D eigenvalue weighted by atomic mass is 32.2. The van der Waals surface area contributed by atoms with Crippen molar-refractivity contribution in [1.29, 1.82) is 0 Å². The highest BCUT2D eigenvalue weighted by Gasteiger charge is 2.24. The lowest BCUT2D eigenvalue weighted by Crippen LogP contribution is -2.35. The Labute approximate surface area is 112 Å². The SMILES string of the molecule is CCc1cccc2c1N(CCC(=O)O)CC(C)S2. The molecule has 0 fully saturated rings. The summed E-state index contributed by atoms with van der Waals surface area (Å²) in [6.07, 6.45) is 1.19. The molecule has 1 aliphatic heterocycles. The fourth-order valence-electron chi connectivity index (χ4n) is 2.40. The number of nitrogens with zero attached hydrogens (tertiary/aromatic N) is 1. The van der Waals surface area contributed by atoms with Crippen molar-refractivity contribution in [2.45, 2.75) is 36.8 Å². The number of carboxylic acid groups (broad SMARTS) is 1. The van der Waals surface area contributed by atoms with Gasteiger partial charge in [-0.15, -0.1) is 11.8 Å². The number of hydrogen-bond donors (Lipinski definition) is 1. The van der Waals surface area contributed by atoms with Crippen molar-refractivity contribution in [2.75, 3.05) is 18.0 Å². The normalized spacial score (nSPS) is 18.6. The average Bonchev–Trinajstić information content (AvgIpc) is 2.34. The molecule has 0 spiro atoms. The van der Waals surface area contributed by atoms with Crippen molar-refractivity contribution < 1.29 is 9.90 Å². The number of carboxylic acids is 1. The van der Waals surface area contributed by atoms with Gasteiger partial charge in [0, 0.05) is 23.2 Å². The number of anilines is 1. The highest BCUT2D eigenvalue weighted by Crippen LogP contribution is 2.40. The third-order valence-corrected chi connectivity index (χ3v) is 4.32. The molecule has 0 aliphatic carbocycles. The lowest BCUT2D eigenvalue weighted by molar-refractivity contribution is -0.136. The van der Waals surface area contributed by atoms with Crippen LogP contribution in [0, 0.1) is 0 Å². The molecule has 1 aliphatic rings. The third kappa shape index (κ3) is 2.80. The minimum atomic E-state index is -0.726. The molecule has 1 atom stereocenters. The summed E-state index contributed by atoms with van der Waals surface area (Å²) in [6.45, 7) is 5.87. The summed E-state index contributed by atoms with van der Waals surface area (Å²) in [5.74, 6) is -0.726. The summed E-state index contributed by atoms with van der Waals surface area (Å²) >= 11 is 1.89. The lowest BCUT2D eigenvalue weighted by Gasteiger charge is -2.35. The van der Waals surface area contributed by atoms with Crippen LogP contribution in [0.1, 0.15) is 25.8 Å². The van der Waals surface area contributed by atoms with Crippen LogP contribution in [0.15, 0.2) is 23.1 Å². The van der Waals surface area contributed by atoms with Gasteiger partial charge in [0.15, 0.2) is 0 Å². The third-order valence-electron chi connectivity index (χ3n) is 3.18. The number of fused-ring (bicyclic) bond motifs is 1. The van der Waals surface area contributed by atoms with E-state index in [0.717, 1.165) is 13.0 Å². The molecule has 0 aromatic heterocycles. The van der Waals surface area contributed by atoms with Gasteiger partial charge in [-0.05, 0) is 18.1 Å². The number of aryl methyl sites for hydroxylation is 1. The van der Waals surface area contributed by atoms with Gasteiger partial charge in [-0.25, -0.2) is 0 Å². The summed E-state index contributed by atoms with van der Waals surface area (Å²) in [5, 5.41) is 9.37. The zero-order valence-corrected chi connectivity index (χ0v) is 11.7. The molecule has 1 aromatic carbocycles. The molecule has 0 bridgehead atoms. The van der Waals surface area contributed by atoms with Crippen LogP contribution in [0.5, 0.6) is 0 Å². The summed E-state index contributed by atoms with van der Waals surface area (Å²) in [6, 6.07) is 6.38. The molecule has 4 heteroatoms. The van der Waals surface area contributed by atoms with Crippen molar-refractivity contribution in [3.05, 3.63) is 23.8 Å². The summed E-state index contributed by atoms with van der Waals surface area (Å²) < 4.78 is 0. The first kappa shape index (κ1) is 13.3. The maximum absolute atomic E-state index is 10.8. The Kier molecular flexibility index (Phi) is 4.17. The highest BCUT2D eigenvalue weighted by molar-refractivity contribution is 8.00. The molecule has 3 nitrogen and oxygen atoms in total. The lowest BCUT2D eigenvalue weighted by atomic mass is 10.1. The predicted molar refractivity (Wildman–Crippen MR) is 75.6 cm³/mol. The minimum absolute atomic E-state index is 0.203. The molecule has 0 saturated carbocycles. The number of rotatable bonds is 4. The van der Waals surface area contributed by atoms with Crippen LogP contribution in [0.25, 0.3) is 0 Å². The Morgan fingerprint density at radius 1 is 1.56 bits per heavy atom. The zero-order valence-electron chi connectivity index (χ0n) is 10.8. The largest absolute Gasteiger partial charge is 0.481 e. The average molecular weight is 265 g/mol. The fourth-order valence-corrected chi connectivity index (χ4v) is 3.61. The van der Waals surface area contributed by atoms with Gasteiger partial charge >= 0.3 is 5.97 Å². The van der Waals surface area contributed by atoms with E-state index in [1.807, 2.05) is 11.8 Å². The first-order valence-corrected chi connectivity index (χ1v) is 7.25. The standard InChI is InChI=1S/C14H19NO2S/c1-3-11-5-4-6-12-14(11)15(8-7-13(16)17)9-10(2)18-12/h4-6,10H,3,7-9H2,1-2H3,(H,16,17). The van der Waals surface area contributed by atoms with E-state index in [1.54, 1.807) is 0 Å². The fraction of sp³-hybridized carbons (Fsp3) is 0.500. The monoisotopic (exact) mass is 265 g/mol. The van der Waals surface area contributed by atoms with E-state index in [1.165, 1.54) is 16.1 Å². The minimum Gasteiger partial charge on any atom is -0.481 e. The molecule has 1 N–H and O–H groups in total. The Balaban J connectivity index is 2.30. The van der Waals surface area contributed by atoms with E-state index >= 15 is 0 Å². The molecule has 1 heterocycles. The number of carbonyl (C=O) groups is 1. The van der Waals surface area contributed by atoms with Gasteiger partial charge in [0.25, 0.3) is 0 Å². The Bertz CT molecular complexity index is 447. The Hall–Kier alpha value is -1.16. The maximum atomic E-state index is 10.8. The molecule has 2 rings (SSSR count). The number of para-hydroxylation sites is 1. The van der Waals surface area contributed by atoms with Gasteiger partial charge in [0.05, 0.1) is 12.1 Å². The van der Waals surface area contributed by atoms with Crippen LogP contribution in [-0.2, 0) is 11.2 Å². The van der Waals surface area contributed by atoms with Gasteiger partial charge in [-0.2, -0.15) is 0 Å². The number of aliphatic carboxylic acids is 1. The van der Waals surface area contributed by atoms with Crippen LogP contribution < -0.4 is 4.90 Å². The number of benzene rings is 1. The molecule has 1 unspecified atom stereocenters. The Morgan fingerprint density at radius 2 is 2.33 bits per heavy atom. The van der Waals surface area contributed by atoms with Crippen LogP contribution in [0.3, 0.4) is 0 Å². The van der Waals surface area contributed by atoms with Crippen LogP contribution in [-0.4, -0.2) is 29.4 Å². The second-order valence-corrected chi connectivity index (χ2v) is 6.12. The zero-order chi connectivity index (χ0) is 13.1. The molecule has 98 valence electrons. The van der Waals surface area contributed by atoms with Crippen molar-refractivity contribution in [1.82, 2.24) is 0 Å². The van der Waals surface area contributed by atoms with Gasteiger partial charge in [0.2, 0.25) is 0 Å². The molecule has 18 heavy (non-hydrogen) atoms. The number of hydrogen-bond acceptors (Lipinski definition) is 3. The van der Waals surface area contributed by atoms with E-state index in [2.05, 4.69) is 36.9 Å². The molecular formula is C14H19NO2S. The quantitative estimate of drug-likeness (QED) is 0.908. The maximum Gasteiger partial charge on any atom is 0.305 e. The van der Waals surface area contributed by atoms with E-state index in [0.29, 0.717) is 11.8 Å². The van der Waals surface area contributed by atoms with Crippen LogP contribution >= 0.6 is 11.8 Å². The van der Waals surface area contributed by atoms with Crippen molar-refractivity contribution in [3.63, 3.8) is 0 Å². The molecule has 0 amide bonds. The predicted octanol–water partition coefficient (Wildman–Crippen LogP) is 3.02. The van der Waals surface area contributed by atoms with Crippen molar-refractivity contribution in [2.24, 2.45) is 0 Å². The topological polar surface area (TPSA) is 40.5 Å². The van der Waals surface area contributed by atoms with Crippen LogP contribution in [0.2, 0.25) is 0 Å². The van der Waals surface area contributed by atoms with Gasteiger partial charge in [-0.1, -0.05) is 26.0 Å². The molecule has 0 saturated heterocycles.